The van der Waals surface area contributed by atoms with E-state index < -0.39 is 41.7 Å². The van der Waals surface area contributed by atoms with Crippen LogP contribution in [-0.4, -0.2) is 62.8 Å². The highest BCUT2D eigenvalue weighted by Gasteiger charge is 2.59. The van der Waals surface area contributed by atoms with Crippen molar-refractivity contribution in [3.8, 4) is 0 Å². The van der Waals surface area contributed by atoms with E-state index in [9.17, 15) is 36.2 Å². The Bertz CT molecular complexity index is 943. The molecule has 0 radical (unpaired) electrons. The average molecular weight is 465 g/mol. The Kier molecular flexibility index (Phi) is 6.40. The SMILES string of the molecule is Cn1ccnc1C(O)(CC(=O)N1CCCN(c2ccc(C(F)(F)F)cn2)CC1)C(F)(F)F. The molecular formula is C19H21F6N5O2. The van der Waals surface area contributed by atoms with Crippen LogP contribution < -0.4 is 4.90 Å². The first-order valence-corrected chi connectivity index (χ1v) is 9.66. The molecular weight excluding hydrogens is 444 g/mol. The van der Waals surface area contributed by atoms with Crippen molar-refractivity contribution in [1.29, 1.82) is 0 Å². The highest BCUT2D eigenvalue weighted by Crippen LogP contribution is 2.41. The number of carbonyl (C=O) groups is 1. The number of aliphatic hydroxyl groups is 1. The Morgan fingerprint density at radius 1 is 1.06 bits per heavy atom. The number of rotatable bonds is 4. The zero-order chi connectivity index (χ0) is 23.7. The zero-order valence-corrected chi connectivity index (χ0v) is 17.0. The summed E-state index contributed by atoms with van der Waals surface area (Å²) in [5.74, 6) is -1.33. The number of hydrogen-bond acceptors (Lipinski definition) is 5. The third kappa shape index (κ3) is 4.81. The molecule has 0 spiro atoms. The minimum atomic E-state index is -5.14. The molecule has 1 aliphatic heterocycles. The first-order valence-electron chi connectivity index (χ1n) is 9.66. The molecule has 1 aliphatic rings. The van der Waals surface area contributed by atoms with Gasteiger partial charge in [0.25, 0.3) is 0 Å². The predicted octanol–water partition coefficient (Wildman–Crippen LogP) is 2.71. The van der Waals surface area contributed by atoms with Gasteiger partial charge in [0.1, 0.15) is 5.82 Å². The summed E-state index contributed by atoms with van der Waals surface area (Å²) >= 11 is 0. The van der Waals surface area contributed by atoms with Crippen molar-refractivity contribution < 1.29 is 36.2 Å². The molecule has 7 nitrogen and oxygen atoms in total. The van der Waals surface area contributed by atoms with Crippen LogP contribution in [0.25, 0.3) is 0 Å². The predicted molar refractivity (Wildman–Crippen MR) is 100 cm³/mol. The van der Waals surface area contributed by atoms with E-state index >= 15 is 0 Å². The number of alkyl halides is 6. The van der Waals surface area contributed by atoms with Gasteiger partial charge in [0.15, 0.2) is 5.82 Å². The highest BCUT2D eigenvalue weighted by atomic mass is 19.4. The van der Waals surface area contributed by atoms with Gasteiger partial charge in [-0.2, -0.15) is 26.3 Å². The van der Waals surface area contributed by atoms with E-state index in [1.54, 1.807) is 4.90 Å². The van der Waals surface area contributed by atoms with Gasteiger partial charge in [-0.3, -0.25) is 4.79 Å². The second-order valence-electron chi connectivity index (χ2n) is 7.52. The number of imidazole rings is 1. The van der Waals surface area contributed by atoms with E-state index in [1.165, 1.54) is 24.2 Å². The maximum atomic E-state index is 13.7. The number of aromatic nitrogens is 3. The van der Waals surface area contributed by atoms with Gasteiger partial charge in [0.05, 0.1) is 12.0 Å². The molecule has 0 aliphatic carbocycles. The van der Waals surface area contributed by atoms with E-state index in [-0.39, 0.29) is 25.5 Å². The number of carbonyl (C=O) groups excluding carboxylic acids is 1. The van der Waals surface area contributed by atoms with Crippen LogP contribution in [-0.2, 0) is 23.6 Å². The van der Waals surface area contributed by atoms with Crippen LogP contribution in [0, 0.1) is 0 Å². The number of hydrogen-bond donors (Lipinski definition) is 1. The molecule has 2 aromatic heterocycles. The van der Waals surface area contributed by atoms with Crippen molar-refractivity contribution in [2.45, 2.75) is 30.8 Å². The number of anilines is 1. The topological polar surface area (TPSA) is 74.5 Å². The summed E-state index contributed by atoms with van der Waals surface area (Å²) in [4.78, 5) is 22.9. The van der Waals surface area contributed by atoms with E-state index in [0.29, 0.717) is 19.2 Å². The molecule has 1 amide bonds. The minimum absolute atomic E-state index is 0.0238. The minimum Gasteiger partial charge on any atom is -0.374 e. The monoisotopic (exact) mass is 465 g/mol. The third-order valence-electron chi connectivity index (χ3n) is 5.31. The summed E-state index contributed by atoms with van der Waals surface area (Å²) in [5, 5.41) is 10.4. The summed E-state index contributed by atoms with van der Waals surface area (Å²) in [6, 6.07) is 2.11. The molecule has 2 aromatic rings. The van der Waals surface area contributed by atoms with E-state index in [1.807, 2.05) is 0 Å². The Morgan fingerprint density at radius 2 is 1.78 bits per heavy atom. The highest BCUT2D eigenvalue weighted by molar-refractivity contribution is 5.77. The van der Waals surface area contributed by atoms with E-state index in [2.05, 4.69) is 9.97 Å². The Balaban J connectivity index is 1.70. The molecule has 3 heterocycles. The lowest BCUT2D eigenvalue weighted by atomic mass is 9.96. The van der Waals surface area contributed by atoms with E-state index in [4.69, 9.17) is 0 Å². The molecule has 32 heavy (non-hydrogen) atoms. The fourth-order valence-electron chi connectivity index (χ4n) is 3.54. The molecule has 1 atom stereocenters. The van der Waals surface area contributed by atoms with Crippen molar-refractivity contribution in [1.82, 2.24) is 19.4 Å². The summed E-state index contributed by atoms with van der Waals surface area (Å²) in [5.41, 5.74) is -4.35. The third-order valence-corrected chi connectivity index (χ3v) is 5.31. The van der Waals surface area contributed by atoms with Crippen LogP contribution in [0.4, 0.5) is 32.2 Å². The number of amides is 1. The number of aryl methyl sites for hydroxylation is 1. The van der Waals surface area contributed by atoms with Crippen molar-refractivity contribution in [3.63, 3.8) is 0 Å². The van der Waals surface area contributed by atoms with Gasteiger partial charge in [-0.25, -0.2) is 9.97 Å². The molecule has 3 rings (SSSR count). The van der Waals surface area contributed by atoms with Crippen LogP contribution in [0.15, 0.2) is 30.7 Å². The van der Waals surface area contributed by atoms with E-state index in [0.717, 1.165) is 16.8 Å². The first-order chi connectivity index (χ1) is 14.8. The first kappa shape index (κ1) is 23.8. The van der Waals surface area contributed by atoms with Gasteiger partial charge in [-0.05, 0) is 18.6 Å². The molecule has 0 aromatic carbocycles. The Hall–Kier alpha value is -2.83. The Morgan fingerprint density at radius 3 is 2.31 bits per heavy atom. The largest absolute Gasteiger partial charge is 0.425 e. The molecule has 1 N–H and O–H groups in total. The summed E-state index contributed by atoms with van der Waals surface area (Å²) in [6.45, 7) is 0.669. The van der Waals surface area contributed by atoms with Gasteiger partial charge in [0, 0.05) is 51.8 Å². The van der Waals surface area contributed by atoms with Crippen LogP contribution in [0.1, 0.15) is 24.2 Å². The van der Waals surface area contributed by atoms with Gasteiger partial charge in [-0.15, -0.1) is 0 Å². The quantitative estimate of drug-likeness (QED) is 0.703. The van der Waals surface area contributed by atoms with Crippen LogP contribution in [0.5, 0.6) is 0 Å². The summed E-state index contributed by atoms with van der Waals surface area (Å²) in [7, 11) is 1.28. The molecule has 1 unspecified atom stereocenters. The number of pyridine rings is 1. The molecule has 13 heteroatoms. The maximum Gasteiger partial charge on any atom is 0.425 e. The smallest absolute Gasteiger partial charge is 0.374 e. The summed E-state index contributed by atoms with van der Waals surface area (Å²) < 4.78 is 80.2. The normalized spacial score (nSPS) is 17.8. The standard InChI is InChI=1S/C19H21F6N5O2/c1-28-8-5-26-16(28)17(32,19(23,24)25)11-15(31)30-7-2-6-29(9-10-30)14-4-3-13(12-27-14)18(20,21)22/h3-5,8,12,32H,2,6-7,9-11H2,1H3. The van der Waals surface area contributed by atoms with Gasteiger partial charge in [0.2, 0.25) is 11.5 Å². The second kappa shape index (κ2) is 8.60. The lowest BCUT2D eigenvalue weighted by molar-refractivity contribution is -0.271. The van der Waals surface area contributed by atoms with Crippen LogP contribution in [0.3, 0.4) is 0 Å². The lowest BCUT2D eigenvalue weighted by Gasteiger charge is -2.31. The van der Waals surface area contributed by atoms with Gasteiger partial charge < -0.3 is 19.5 Å². The molecule has 0 bridgehead atoms. The van der Waals surface area contributed by atoms with Crippen molar-refractivity contribution in [3.05, 3.63) is 42.1 Å². The maximum absolute atomic E-state index is 13.7. The molecule has 176 valence electrons. The zero-order valence-electron chi connectivity index (χ0n) is 17.0. The Labute approximate surface area is 179 Å². The number of nitrogens with zero attached hydrogens (tertiary/aromatic N) is 5. The summed E-state index contributed by atoms with van der Waals surface area (Å²) in [6.07, 6.45) is -7.49. The fraction of sp³-hybridized carbons (Fsp3) is 0.526. The second-order valence-corrected chi connectivity index (χ2v) is 7.52. The number of halogens is 6. The van der Waals surface area contributed by atoms with Crippen LogP contribution >= 0.6 is 0 Å². The molecule has 1 fully saturated rings. The van der Waals surface area contributed by atoms with Gasteiger partial charge in [-0.1, -0.05) is 0 Å². The lowest BCUT2D eigenvalue weighted by Crippen LogP contribution is -2.49. The van der Waals surface area contributed by atoms with Crippen molar-refractivity contribution in [2.24, 2.45) is 7.05 Å². The van der Waals surface area contributed by atoms with Crippen molar-refractivity contribution in [2.75, 3.05) is 31.1 Å². The molecule has 1 saturated heterocycles. The van der Waals surface area contributed by atoms with Crippen molar-refractivity contribution >= 4 is 11.7 Å². The van der Waals surface area contributed by atoms with Crippen LogP contribution in [0.2, 0.25) is 0 Å². The fourth-order valence-corrected chi connectivity index (χ4v) is 3.54. The molecule has 0 saturated carbocycles. The average Bonchev–Trinajstić information content (AvgIpc) is 2.98. The van der Waals surface area contributed by atoms with Gasteiger partial charge >= 0.3 is 12.4 Å².